The molecule has 0 bridgehead atoms. The number of piperidine rings is 2. The molecule has 3 atom stereocenters. The van der Waals surface area contributed by atoms with E-state index >= 15 is 0 Å². The summed E-state index contributed by atoms with van der Waals surface area (Å²) >= 11 is 0. The predicted molar refractivity (Wildman–Crippen MR) is 161 cm³/mol. The minimum Gasteiger partial charge on any atom is -0.493 e. The molecule has 2 aromatic carbocycles. The molecule has 0 amide bonds. The van der Waals surface area contributed by atoms with Crippen molar-refractivity contribution in [2.24, 2.45) is 5.92 Å². The predicted octanol–water partition coefficient (Wildman–Crippen LogP) is 7.02. The Morgan fingerprint density at radius 3 is 2.44 bits per heavy atom. The Morgan fingerprint density at radius 1 is 1.03 bits per heavy atom. The fraction of sp³-hybridized carbons (Fsp3) is 0.606. The van der Waals surface area contributed by atoms with E-state index in [9.17, 15) is 0 Å². The van der Waals surface area contributed by atoms with Crippen LogP contribution in [-0.2, 0) is 0 Å². The van der Waals surface area contributed by atoms with Crippen LogP contribution >= 0.6 is 0 Å². The van der Waals surface area contributed by atoms with Gasteiger partial charge in [0, 0.05) is 30.2 Å². The van der Waals surface area contributed by atoms with Crippen molar-refractivity contribution in [3.63, 3.8) is 0 Å². The smallest absolute Gasteiger partial charge is 0.161 e. The summed E-state index contributed by atoms with van der Waals surface area (Å²) in [5.74, 6) is 3.65. The number of aromatic nitrogens is 2. The van der Waals surface area contributed by atoms with Crippen molar-refractivity contribution in [3.05, 3.63) is 41.5 Å². The van der Waals surface area contributed by atoms with Crippen molar-refractivity contribution >= 4 is 11.0 Å². The van der Waals surface area contributed by atoms with Crippen LogP contribution in [0.25, 0.3) is 22.4 Å². The number of imidazole rings is 1. The lowest BCUT2D eigenvalue weighted by molar-refractivity contribution is 0.0113. The number of hydrogen-bond acceptors (Lipinski definition) is 5. The van der Waals surface area contributed by atoms with E-state index in [2.05, 4.69) is 61.5 Å². The van der Waals surface area contributed by atoms with E-state index in [-0.39, 0.29) is 0 Å². The molecule has 5 rings (SSSR count). The molecule has 2 fully saturated rings. The lowest BCUT2D eigenvalue weighted by Gasteiger charge is -2.49. The average molecular weight is 533 g/mol. The monoisotopic (exact) mass is 532 g/mol. The third-order valence-electron chi connectivity index (χ3n) is 9.21. The summed E-state index contributed by atoms with van der Waals surface area (Å²) < 4.78 is 10.9. The highest BCUT2D eigenvalue weighted by molar-refractivity contribution is 5.83. The van der Waals surface area contributed by atoms with Crippen LogP contribution in [0.5, 0.6) is 11.5 Å². The van der Waals surface area contributed by atoms with Gasteiger partial charge in [-0.2, -0.15) is 0 Å². The molecule has 0 spiro atoms. The maximum atomic E-state index is 5.51. The van der Waals surface area contributed by atoms with Gasteiger partial charge in [-0.05, 0) is 106 Å². The number of hydrogen-bond donors (Lipinski definition) is 1. The number of rotatable bonds is 8. The highest BCUT2D eigenvalue weighted by Crippen LogP contribution is 2.37. The normalized spacial score (nSPS) is 23.5. The zero-order chi connectivity index (χ0) is 27.7. The number of methoxy groups -OCH3 is 2. The standard InChI is InChI=1S/C33H48N4O2/c1-8-27-19-28(16-23(5)37(27)20-21(2)3)36-13-11-24(12-14-36)26-15-22(4)32-29(17-26)34-33(35-32)25-9-10-30(38-6)31(18-25)39-7/h9-10,15,17-18,21,23-24,27-28H,8,11-14,16,19-20H2,1-7H3,(H,34,35). The van der Waals surface area contributed by atoms with E-state index in [1.807, 2.05) is 18.2 Å². The molecule has 2 saturated heterocycles. The topological polar surface area (TPSA) is 53.6 Å². The summed E-state index contributed by atoms with van der Waals surface area (Å²) in [6, 6.07) is 12.8. The van der Waals surface area contributed by atoms with Gasteiger partial charge in [0.05, 0.1) is 25.3 Å². The van der Waals surface area contributed by atoms with Crippen LogP contribution in [0.15, 0.2) is 30.3 Å². The molecule has 3 aromatic rings. The van der Waals surface area contributed by atoms with Gasteiger partial charge in [0.2, 0.25) is 0 Å². The molecule has 0 aliphatic carbocycles. The highest BCUT2D eigenvalue weighted by Gasteiger charge is 2.36. The largest absolute Gasteiger partial charge is 0.493 e. The molecular weight excluding hydrogens is 484 g/mol. The van der Waals surface area contributed by atoms with Crippen molar-refractivity contribution in [2.45, 2.75) is 90.8 Å². The molecule has 0 saturated carbocycles. The number of nitrogens with one attached hydrogen (secondary N) is 1. The van der Waals surface area contributed by atoms with Crippen LogP contribution in [-0.4, -0.2) is 71.7 Å². The number of nitrogens with zero attached hydrogens (tertiary/aromatic N) is 3. The number of likely N-dealkylation sites (tertiary alicyclic amines) is 2. The van der Waals surface area contributed by atoms with E-state index in [1.165, 1.54) is 62.9 Å². The molecule has 1 aromatic heterocycles. The van der Waals surface area contributed by atoms with Gasteiger partial charge in [0.25, 0.3) is 0 Å². The van der Waals surface area contributed by atoms with Gasteiger partial charge in [-0.3, -0.25) is 4.90 Å². The Morgan fingerprint density at radius 2 is 1.77 bits per heavy atom. The maximum absolute atomic E-state index is 5.51. The summed E-state index contributed by atoms with van der Waals surface area (Å²) in [5, 5.41) is 0. The van der Waals surface area contributed by atoms with Crippen LogP contribution in [0.4, 0.5) is 0 Å². The van der Waals surface area contributed by atoms with Crippen LogP contribution in [0.2, 0.25) is 0 Å². The summed E-state index contributed by atoms with van der Waals surface area (Å²) in [6.07, 6.45) is 6.37. The van der Waals surface area contributed by atoms with E-state index in [1.54, 1.807) is 14.2 Å². The second-order valence-corrected chi connectivity index (χ2v) is 12.3. The van der Waals surface area contributed by atoms with Gasteiger partial charge >= 0.3 is 0 Å². The number of ether oxygens (including phenoxy) is 2. The molecule has 3 heterocycles. The Balaban J connectivity index is 1.28. The Kier molecular flexibility index (Phi) is 8.53. The minimum absolute atomic E-state index is 0.609. The maximum Gasteiger partial charge on any atom is 0.161 e. The zero-order valence-corrected chi connectivity index (χ0v) is 25.1. The summed E-state index contributed by atoms with van der Waals surface area (Å²) in [5.41, 5.74) is 5.86. The van der Waals surface area contributed by atoms with E-state index in [4.69, 9.17) is 14.5 Å². The quantitative estimate of drug-likeness (QED) is 0.338. The molecule has 1 N–H and O–H groups in total. The van der Waals surface area contributed by atoms with E-state index in [0.29, 0.717) is 17.7 Å². The van der Waals surface area contributed by atoms with Crippen molar-refractivity contribution in [1.82, 2.24) is 19.8 Å². The highest BCUT2D eigenvalue weighted by atomic mass is 16.5. The second kappa shape index (κ2) is 11.9. The van der Waals surface area contributed by atoms with Gasteiger partial charge < -0.3 is 19.4 Å². The van der Waals surface area contributed by atoms with Crippen molar-refractivity contribution < 1.29 is 9.47 Å². The van der Waals surface area contributed by atoms with E-state index in [0.717, 1.165) is 46.2 Å². The summed E-state index contributed by atoms with van der Waals surface area (Å²) in [7, 11) is 3.33. The molecule has 0 radical (unpaired) electrons. The van der Waals surface area contributed by atoms with Crippen LogP contribution in [0, 0.1) is 12.8 Å². The van der Waals surface area contributed by atoms with Crippen LogP contribution in [0.1, 0.15) is 76.8 Å². The Bertz CT molecular complexity index is 1260. The lowest BCUT2D eigenvalue weighted by atomic mass is 9.84. The molecule has 6 heteroatoms. The number of benzene rings is 2. The first-order valence-electron chi connectivity index (χ1n) is 15.0. The van der Waals surface area contributed by atoms with Gasteiger partial charge in [0.1, 0.15) is 5.82 Å². The average Bonchev–Trinajstić information content (AvgIpc) is 3.38. The minimum atomic E-state index is 0.609. The molecule has 212 valence electrons. The first-order chi connectivity index (χ1) is 18.8. The first-order valence-corrected chi connectivity index (χ1v) is 15.0. The van der Waals surface area contributed by atoms with Crippen LogP contribution in [0.3, 0.4) is 0 Å². The number of aromatic amines is 1. The van der Waals surface area contributed by atoms with Gasteiger partial charge in [-0.1, -0.05) is 26.8 Å². The molecule has 39 heavy (non-hydrogen) atoms. The summed E-state index contributed by atoms with van der Waals surface area (Å²) in [4.78, 5) is 14.2. The third kappa shape index (κ3) is 5.83. The van der Waals surface area contributed by atoms with Crippen molar-refractivity contribution in [2.75, 3.05) is 33.9 Å². The number of H-pyrrole nitrogens is 1. The third-order valence-corrected chi connectivity index (χ3v) is 9.21. The number of fused-ring (bicyclic) bond motifs is 1. The van der Waals surface area contributed by atoms with Gasteiger partial charge in [0.15, 0.2) is 11.5 Å². The van der Waals surface area contributed by atoms with Gasteiger partial charge in [-0.25, -0.2) is 4.98 Å². The lowest BCUT2D eigenvalue weighted by Crippen LogP contribution is -2.55. The Labute approximate surface area is 235 Å². The van der Waals surface area contributed by atoms with Gasteiger partial charge in [-0.15, -0.1) is 0 Å². The fourth-order valence-electron chi connectivity index (χ4n) is 7.16. The van der Waals surface area contributed by atoms with Crippen LogP contribution < -0.4 is 9.47 Å². The molecule has 2 aliphatic heterocycles. The second-order valence-electron chi connectivity index (χ2n) is 12.3. The zero-order valence-electron chi connectivity index (χ0n) is 25.1. The molecule has 3 unspecified atom stereocenters. The fourth-order valence-corrected chi connectivity index (χ4v) is 7.16. The molecular formula is C33H48N4O2. The molecule has 2 aliphatic rings. The van der Waals surface area contributed by atoms with E-state index < -0.39 is 0 Å². The van der Waals surface area contributed by atoms with Crippen molar-refractivity contribution in [3.8, 4) is 22.9 Å². The Hall–Kier alpha value is -2.57. The number of aryl methyl sites for hydroxylation is 1. The first kappa shape index (κ1) is 28.0. The molecule has 6 nitrogen and oxygen atoms in total. The van der Waals surface area contributed by atoms with Crippen molar-refractivity contribution in [1.29, 1.82) is 0 Å². The SMILES string of the molecule is CCC1CC(N2CCC(c3cc(C)c4nc(-c5ccc(OC)c(OC)c5)[nH]c4c3)CC2)CC(C)N1CC(C)C. The summed E-state index contributed by atoms with van der Waals surface area (Å²) in [6.45, 7) is 15.4.